The largest absolute Gasteiger partial charge is 0.381 e. The number of ether oxygens (including phenoxy) is 1. The van der Waals surface area contributed by atoms with Gasteiger partial charge in [0.2, 0.25) is 0 Å². The molecule has 0 atom stereocenters. The number of rotatable bonds is 8. The van der Waals surface area contributed by atoms with E-state index in [0.717, 1.165) is 63.1 Å². The van der Waals surface area contributed by atoms with Crippen LogP contribution in [0.3, 0.4) is 0 Å². The number of benzene rings is 1. The third kappa shape index (κ3) is 6.35. The zero-order chi connectivity index (χ0) is 31.6. The SMILES string of the molecule is [2H]C([2H])([2H])N1CCN(C2CCN(c3ccc(Nc4nc(NC5CCOCC5)c(-c5ccn[nH]5)nc4C(N)=O)cc3C)CC2)CC1. The number of carbonyl (C=O) groups is 1. The van der Waals surface area contributed by atoms with Gasteiger partial charge in [0.1, 0.15) is 5.69 Å². The van der Waals surface area contributed by atoms with Crippen molar-refractivity contribution in [3.8, 4) is 11.4 Å². The first kappa shape index (κ1) is 24.8. The minimum Gasteiger partial charge on any atom is -0.381 e. The van der Waals surface area contributed by atoms with Gasteiger partial charge < -0.3 is 30.9 Å². The molecule has 3 aromatic rings. The van der Waals surface area contributed by atoms with Crippen molar-refractivity contribution in [1.82, 2.24) is 30.0 Å². The van der Waals surface area contributed by atoms with Crippen molar-refractivity contribution in [3.63, 3.8) is 0 Å². The fourth-order valence-electron chi connectivity index (χ4n) is 6.19. The predicted octanol–water partition coefficient (Wildman–Crippen LogP) is 2.82. The van der Waals surface area contributed by atoms with Crippen molar-refractivity contribution < 1.29 is 13.6 Å². The fourth-order valence-corrected chi connectivity index (χ4v) is 6.19. The lowest BCUT2D eigenvalue weighted by Gasteiger charge is -2.43. The number of H-pyrrole nitrogens is 1. The molecule has 3 aliphatic rings. The van der Waals surface area contributed by atoms with Gasteiger partial charge in [-0.15, -0.1) is 0 Å². The van der Waals surface area contributed by atoms with E-state index >= 15 is 0 Å². The lowest BCUT2D eigenvalue weighted by atomic mass is 10.0. The number of nitrogens with zero attached hydrogens (tertiary/aromatic N) is 6. The molecule has 0 aliphatic carbocycles. The second-order valence-corrected chi connectivity index (χ2v) is 11.4. The van der Waals surface area contributed by atoms with Gasteiger partial charge in [-0.05, 0) is 69.4 Å². The number of aryl methyl sites for hydroxylation is 1. The van der Waals surface area contributed by atoms with E-state index in [-0.39, 0.29) is 17.6 Å². The summed E-state index contributed by atoms with van der Waals surface area (Å²) in [6, 6.07) is 8.55. The van der Waals surface area contributed by atoms with Crippen LogP contribution in [0.1, 0.15) is 45.8 Å². The summed E-state index contributed by atoms with van der Waals surface area (Å²) in [5, 5.41) is 13.8. The summed E-state index contributed by atoms with van der Waals surface area (Å²) in [7, 11) is 0. The van der Waals surface area contributed by atoms with Crippen LogP contribution in [-0.4, -0.2) is 107 Å². The Bertz CT molecular complexity index is 1460. The summed E-state index contributed by atoms with van der Waals surface area (Å²) in [5.74, 6) is 0.140. The lowest BCUT2D eigenvalue weighted by Crippen LogP contribution is -2.52. The van der Waals surface area contributed by atoms with Gasteiger partial charge in [-0.25, -0.2) is 9.97 Å². The van der Waals surface area contributed by atoms with E-state index in [1.165, 1.54) is 5.69 Å². The maximum absolute atomic E-state index is 12.5. The average molecular weight is 578 g/mol. The Morgan fingerprint density at radius 1 is 1.05 bits per heavy atom. The van der Waals surface area contributed by atoms with Gasteiger partial charge in [0.05, 0.1) is 5.69 Å². The molecule has 3 saturated heterocycles. The third-order valence-corrected chi connectivity index (χ3v) is 8.54. The second kappa shape index (κ2) is 12.6. The normalized spacial score (nSPS) is 21.0. The highest BCUT2D eigenvalue weighted by Crippen LogP contribution is 2.32. The van der Waals surface area contributed by atoms with Crippen LogP contribution in [0, 0.1) is 6.92 Å². The molecule has 5 heterocycles. The predicted molar refractivity (Wildman–Crippen MR) is 164 cm³/mol. The van der Waals surface area contributed by atoms with Crippen LogP contribution in [0.15, 0.2) is 30.5 Å². The minimum atomic E-state index is -2.00. The summed E-state index contributed by atoms with van der Waals surface area (Å²) < 4.78 is 28.5. The summed E-state index contributed by atoms with van der Waals surface area (Å²) in [4.78, 5) is 28.5. The molecule has 0 unspecified atom stereocenters. The van der Waals surface area contributed by atoms with Gasteiger partial charge in [0.25, 0.3) is 5.91 Å². The van der Waals surface area contributed by atoms with Gasteiger partial charge in [-0.2, -0.15) is 5.10 Å². The maximum atomic E-state index is 12.5. The molecule has 0 radical (unpaired) electrons. The molecule has 6 rings (SSSR count). The van der Waals surface area contributed by atoms with Crippen LogP contribution in [0.4, 0.5) is 23.0 Å². The molecule has 0 saturated carbocycles. The first-order valence-electron chi connectivity index (χ1n) is 16.3. The Morgan fingerprint density at radius 3 is 2.50 bits per heavy atom. The molecule has 0 bridgehead atoms. The standard InChI is InChI=1S/C30H42N10O2/c1-20-19-22(3-4-25(20)40-11-6-23(7-12-40)39-15-13-38(2)14-16-39)34-30-27(28(31)41)35-26(24-5-10-32-37-24)29(36-30)33-21-8-17-42-18-9-21/h3-5,10,19,21,23H,6-9,11-18H2,1-2H3,(H2,31,41)(H,32,37)(H2,33,34,36)/i2D3. The highest BCUT2D eigenvalue weighted by atomic mass is 16.5. The van der Waals surface area contributed by atoms with Crippen molar-refractivity contribution in [2.24, 2.45) is 5.73 Å². The van der Waals surface area contributed by atoms with E-state index in [4.69, 9.17) is 19.6 Å². The number of piperazine rings is 1. The number of primary amides is 1. The highest BCUT2D eigenvalue weighted by Gasteiger charge is 2.28. The summed E-state index contributed by atoms with van der Waals surface area (Å²) in [5.41, 5.74) is 9.99. The van der Waals surface area contributed by atoms with Gasteiger partial charge in [-0.3, -0.25) is 14.8 Å². The van der Waals surface area contributed by atoms with Crippen LogP contribution in [0.5, 0.6) is 0 Å². The van der Waals surface area contributed by atoms with E-state index in [2.05, 4.69) is 54.7 Å². The Labute approximate surface area is 251 Å². The molecule has 224 valence electrons. The molecule has 12 heteroatoms. The number of carbonyl (C=O) groups excluding carboxylic acids is 1. The molecule has 5 N–H and O–H groups in total. The van der Waals surface area contributed by atoms with Crippen molar-refractivity contribution in [2.75, 3.05) is 75.0 Å². The molecule has 0 spiro atoms. The summed E-state index contributed by atoms with van der Waals surface area (Å²) in [6.45, 7) is 6.06. The van der Waals surface area contributed by atoms with Gasteiger partial charge >= 0.3 is 0 Å². The van der Waals surface area contributed by atoms with Gasteiger partial charge in [0.15, 0.2) is 17.3 Å². The van der Waals surface area contributed by atoms with Crippen molar-refractivity contribution in [1.29, 1.82) is 0 Å². The van der Waals surface area contributed by atoms with E-state index < -0.39 is 12.9 Å². The number of aromatic amines is 1. The summed E-state index contributed by atoms with van der Waals surface area (Å²) in [6.07, 6.45) is 5.38. The first-order chi connectivity index (χ1) is 21.7. The third-order valence-electron chi connectivity index (χ3n) is 8.54. The zero-order valence-electron chi connectivity index (χ0n) is 27.1. The van der Waals surface area contributed by atoms with E-state index in [1.54, 1.807) is 17.2 Å². The van der Waals surface area contributed by atoms with Crippen LogP contribution < -0.4 is 21.3 Å². The zero-order valence-corrected chi connectivity index (χ0v) is 24.1. The van der Waals surface area contributed by atoms with Gasteiger partial charge in [-0.1, -0.05) is 0 Å². The van der Waals surface area contributed by atoms with E-state index in [1.807, 2.05) is 6.07 Å². The lowest BCUT2D eigenvalue weighted by molar-refractivity contribution is 0.0904. The number of likely N-dealkylation sites (N-methyl/N-ethyl adjacent to an activating group) is 1. The number of nitrogens with two attached hydrogens (primary N) is 1. The highest BCUT2D eigenvalue weighted by molar-refractivity contribution is 5.97. The smallest absolute Gasteiger partial charge is 0.271 e. The average Bonchev–Trinajstić information content (AvgIpc) is 3.56. The number of nitrogens with one attached hydrogen (secondary N) is 3. The monoisotopic (exact) mass is 577 g/mol. The molecule has 1 aromatic carbocycles. The molecule has 3 fully saturated rings. The number of hydrogen-bond acceptors (Lipinski definition) is 10. The van der Waals surface area contributed by atoms with Crippen LogP contribution in [-0.2, 0) is 4.74 Å². The number of hydrogen-bond donors (Lipinski definition) is 4. The topological polar surface area (TPSA) is 141 Å². The Hall–Kier alpha value is -3.74. The molecule has 1 amide bonds. The number of amides is 1. The molecule has 42 heavy (non-hydrogen) atoms. The molecule has 3 aliphatic heterocycles. The van der Waals surface area contributed by atoms with Crippen molar-refractivity contribution >= 4 is 28.9 Å². The number of anilines is 4. The molecular formula is C30H42N10O2. The van der Waals surface area contributed by atoms with Crippen LogP contribution >= 0.6 is 0 Å². The summed E-state index contributed by atoms with van der Waals surface area (Å²) >= 11 is 0. The quantitative estimate of drug-likeness (QED) is 0.316. The Morgan fingerprint density at radius 2 is 1.83 bits per heavy atom. The van der Waals surface area contributed by atoms with Crippen molar-refractivity contribution in [3.05, 3.63) is 41.7 Å². The first-order valence-corrected chi connectivity index (χ1v) is 14.8. The van der Waals surface area contributed by atoms with Crippen molar-refractivity contribution in [2.45, 2.75) is 44.7 Å². The molecular weight excluding hydrogens is 532 g/mol. The van der Waals surface area contributed by atoms with Gasteiger partial charge in [0, 0.05) is 86.2 Å². The second-order valence-electron chi connectivity index (χ2n) is 11.4. The number of aromatic nitrogens is 4. The number of piperidine rings is 1. The molecule has 12 nitrogen and oxygen atoms in total. The Balaban J connectivity index is 1.15. The maximum Gasteiger partial charge on any atom is 0.271 e. The Kier molecular flexibility index (Phi) is 7.47. The van der Waals surface area contributed by atoms with E-state index in [9.17, 15) is 4.79 Å². The fraction of sp³-hybridized carbons (Fsp3) is 0.533. The van der Waals surface area contributed by atoms with Crippen LogP contribution in [0.25, 0.3) is 11.4 Å². The van der Waals surface area contributed by atoms with E-state index in [0.29, 0.717) is 49.6 Å². The minimum absolute atomic E-state index is 0.0422. The van der Waals surface area contributed by atoms with Crippen LogP contribution in [0.2, 0.25) is 0 Å². The molecule has 2 aromatic heterocycles.